The lowest BCUT2D eigenvalue weighted by atomic mass is 9.90. The molecule has 0 heterocycles. The quantitative estimate of drug-likeness (QED) is 0.826. The third-order valence-electron chi connectivity index (χ3n) is 3.09. The van der Waals surface area contributed by atoms with Crippen LogP contribution in [0.5, 0.6) is 5.75 Å². The minimum Gasteiger partial charge on any atom is -0.494 e. The smallest absolute Gasteiger partial charge is 0.242 e. The Labute approximate surface area is 113 Å². The first-order chi connectivity index (χ1) is 8.81. The molecule has 0 fully saturated rings. The predicted octanol–water partition coefficient (Wildman–Crippen LogP) is 1.78. The second-order valence-electron chi connectivity index (χ2n) is 5.11. The van der Waals surface area contributed by atoms with Gasteiger partial charge in [-0.3, -0.25) is 10.1 Å². The predicted molar refractivity (Wildman–Crippen MR) is 72.3 cm³/mol. The van der Waals surface area contributed by atoms with Crippen molar-refractivity contribution in [3.05, 3.63) is 29.6 Å². The van der Waals surface area contributed by atoms with E-state index in [4.69, 9.17) is 10.5 Å². The molecule has 1 atom stereocenters. The zero-order valence-corrected chi connectivity index (χ0v) is 11.8. The molecule has 0 saturated heterocycles. The number of hydrogen-bond acceptors (Lipinski definition) is 3. The van der Waals surface area contributed by atoms with E-state index in [1.165, 1.54) is 19.2 Å². The molecule has 1 amide bonds. The number of hydrogen-bond donors (Lipinski definition) is 2. The topological polar surface area (TPSA) is 64.3 Å². The van der Waals surface area contributed by atoms with E-state index in [2.05, 4.69) is 5.32 Å². The van der Waals surface area contributed by atoms with E-state index in [-0.39, 0.29) is 5.75 Å². The second kappa shape index (κ2) is 6.02. The highest BCUT2D eigenvalue weighted by Gasteiger charge is 2.33. The Kier molecular flexibility index (Phi) is 4.89. The second-order valence-corrected chi connectivity index (χ2v) is 5.11. The average Bonchev–Trinajstić information content (AvgIpc) is 2.35. The van der Waals surface area contributed by atoms with Crippen molar-refractivity contribution in [3.63, 3.8) is 0 Å². The van der Waals surface area contributed by atoms with Crippen molar-refractivity contribution in [2.75, 3.05) is 13.7 Å². The summed E-state index contributed by atoms with van der Waals surface area (Å²) in [5.74, 6) is -0.572. The van der Waals surface area contributed by atoms with E-state index in [1.54, 1.807) is 13.0 Å². The van der Waals surface area contributed by atoms with Crippen molar-refractivity contribution >= 4 is 5.91 Å². The van der Waals surface area contributed by atoms with Gasteiger partial charge in [0.05, 0.1) is 7.11 Å². The van der Waals surface area contributed by atoms with Crippen LogP contribution >= 0.6 is 0 Å². The normalized spacial score (nSPS) is 14.2. The van der Waals surface area contributed by atoms with Crippen molar-refractivity contribution in [1.29, 1.82) is 0 Å². The van der Waals surface area contributed by atoms with Crippen LogP contribution in [0.15, 0.2) is 18.2 Å². The molecule has 0 aromatic heterocycles. The van der Waals surface area contributed by atoms with Gasteiger partial charge in [0.1, 0.15) is 5.54 Å². The van der Waals surface area contributed by atoms with Crippen LogP contribution in [0.1, 0.15) is 26.3 Å². The summed E-state index contributed by atoms with van der Waals surface area (Å²) in [6, 6.07) is 4.40. The lowest BCUT2D eigenvalue weighted by Gasteiger charge is -2.29. The third kappa shape index (κ3) is 3.44. The van der Waals surface area contributed by atoms with Crippen LogP contribution in [0, 0.1) is 11.7 Å². The lowest BCUT2D eigenvalue weighted by molar-refractivity contribution is -0.124. The molecular weight excluding hydrogens is 247 g/mol. The Morgan fingerprint density at radius 1 is 1.53 bits per heavy atom. The number of rotatable bonds is 6. The fourth-order valence-corrected chi connectivity index (χ4v) is 1.72. The Hall–Kier alpha value is -1.62. The van der Waals surface area contributed by atoms with E-state index < -0.39 is 17.3 Å². The van der Waals surface area contributed by atoms with Gasteiger partial charge >= 0.3 is 0 Å². The fourth-order valence-electron chi connectivity index (χ4n) is 1.72. The number of amides is 1. The first-order valence-electron chi connectivity index (χ1n) is 6.20. The van der Waals surface area contributed by atoms with Gasteiger partial charge in [-0.2, -0.15) is 0 Å². The molecule has 3 N–H and O–H groups in total. The van der Waals surface area contributed by atoms with Crippen LogP contribution in [0.4, 0.5) is 4.39 Å². The van der Waals surface area contributed by atoms with Crippen molar-refractivity contribution in [2.24, 2.45) is 11.7 Å². The molecule has 0 spiro atoms. The standard InChI is InChI=1S/C14H21FN2O2/c1-9(2)8-17-14(3,13(16)18)10-5-6-12(19-4)11(15)7-10/h5-7,9,17H,8H2,1-4H3,(H2,16,18). The highest BCUT2D eigenvalue weighted by molar-refractivity contribution is 5.85. The van der Waals surface area contributed by atoms with Gasteiger partial charge in [-0.1, -0.05) is 19.9 Å². The van der Waals surface area contributed by atoms with Gasteiger partial charge in [-0.05, 0) is 37.1 Å². The number of ether oxygens (including phenoxy) is 1. The summed E-state index contributed by atoms with van der Waals surface area (Å²) in [6.45, 7) is 6.29. The third-order valence-corrected chi connectivity index (χ3v) is 3.09. The summed E-state index contributed by atoms with van der Waals surface area (Å²) in [7, 11) is 1.39. The number of nitrogens with two attached hydrogens (primary N) is 1. The molecule has 1 rings (SSSR count). The molecule has 0 aliphatic rings. The van der Waals surface area contributed by atoms with Crippen molar-refractivity contribution < 1.29 is 13.9 Å². The molecule has 1 aromatic rings. The van der Waals surface area contributed by atoms with Crippen LogP contribution in [0.3, 0.4) is 0 Å². The Morgan fingerprint density at radius 3 is 2.58 bits per heavy atom. The Bertz CT molecular complexity index is 463. The summed E-state index contributed by atoms with van der Waals surface area (Å²) < 4.78 is 18.6. The van der Waals surface area contributed by atoms with Crippen LogP contribution < -0.4 is 15.8 Å². The molecule has 0 aliphatic carbocycles. The number of carbonyl (C=O) groups excluding carboxylic acids is 1. The highest BCUT2D eigenvalue weighted by Crippen LogP contribution is 2.26. The van der Waals surface area contributed by atoms with E-state index >= 15 is 0 Å². The molecule has 19 heavy (non-hydrogen) atoms. The first-order valence-corrected chi connectivity index (χ1v) is 6.20. The van der Waals surface area contributed by atoms with Gasteiger partial charge < -0.3 is 10.5 Å². The SMILES string of the molecule is COc1ccc(C(C)(NCC(C)C)C(N)=O)cc1F. The molecule has 1 aromatic carbocycles. The first kappa shape index (κ1) is 15.4. The Balaban J connectivity index is 3.11. The van der Waals surface area contributed by atoms with Crippen molar-refractivity contribution in [1.82, 2.24) is 5.32 Å². The lowest BCUT2D eigenvalue weighted by Crippen LogP contribution is -2.51. The van der Waals surface area contributed by atoms with Gasteiger partial charge in [0.25, 0.3) is 0 Å². The minimum atomic E-state index is -1.10. The van der Waals surface area contributed by atoms with Crippen molar-refractivity contribution in [2.45, 2.75) is 26.3 Å². The van der Waals surface area contributed by atoms with Crippen LogP contribution in [0.2, 0.25) is 0 Å². The van der Waals surface area contributed by atoms with Crippen LogP contribution in [-0.2, 0) is 10.3 Å². The van der Waals surface area contributed by atoms with E-state index in [1.807, 2.05) is 13.8 Å². The number of methoxy groups -OCH3 is 1. The molecule has 4 nitrogen and oxygen atoms in total. The van der Waals surface area contributed by atoms with Gasteiger partial charge in [0.2, 0.25) is 5.91 Å². The maximum absolute atomic E-state index is 13.7. The van der Waals surface area contributed by atoms with Crippen molar-refractivity contribution in [3.8, 4) is 5.75 Å². The van der Waals surface area contributed by atoms with E-state index in [0.29, 0.717) is 18.0 Å². The van der Waals surface area contributed by atoms with Gasteiger partial charge in [-0.25, -0.2) is 4.39 Å². The molecular formula is C14H21FN2O2. The number of carbonyl (C=O) groups is 1. The van der Waals surface area contributed by atoms with E-state index in [0.717, 1.165) is 0 Å². The monoisotopic (exact) mass is 268 g/mol. The van der Waals surface area contributed by atoms with E-state index in [9.17, 15) is 9.18 Å². The minimum absolute atomic E-state index is 0.138. The maximum Gasteiger partial charge on any atom is 0.242 e. The molecule has 0 bridgehead atoms. The fraction of sp³-hybridized carbons (Fsp3) is 0.500. The molecule has 5 heteroatoms. The van der Waals surface area contributed by atoms with Crippen LogP contribution in [-0.4, -0.2) is 19.6 Å². The summed E-state index contributed by atoms with van der Waals surface area (Å²) in [4.78, 5) is 11.7. The number of halogens is 1. The molecule has 0 radical (unpaired) electrons. The number of nitrogens with one attached hydrogen (secondary N) is 1. The summed E-state index contributed by atoms with van der Waals surface area (Å²) in [6.07, 6.45) is 0. The molecule has 0 aliphatic heterocycles. The average molecular weight is 268 g/mol. The summed E-state index contributed by atoms with van der Waals surface area (Å²) in [5.41, 5.74) is 4.84. The van der Waals surface area contributed by atoms with Gasteiger partial charge in [0, 0.05) is 0 Å². The molecule has 1 unspecified atom stereocenters. The van der Waals surface area contributed by atoms with Gasteiger partial charge in [-0.15, -0.1) is 0 Å². The summed E-state index contributed by atoms with van der Waals surface area (Å²) in [5, 5.41) is 3.09. The Morgan fingerprint density at radius 2 is 2.16 bits per heavy atom. The maximum atomic E-state index is 13.7. The highest BCUT2D eigenvalue weighted by atomic mass is 19.1. The zero-order valence-electron chi connectivity index (χ0n) is 11.8. The zero-order chi connectivity index (χ0) is 14.6. The summed E-state index contributed by atoms with van der Waals surface area (Å²) >= 11 is 0. The molecule has 0 saturated carbocycles. The van der Waals surface area contributed by atoms with Gasteiger partial charge in [0.15, 0.2) is 11.6 Å². The molecule has 106 valence electrons. The largest absolute Gasteiger partial charge is 0.494 e. The number of benzene rings is 1. The number of primary amides is 1. The van der Waals surface area contributed by atoms with Crippen LogP contribution in [0.25, 0.3) is 0 Å².